The van der Waals surface area contributed by atoms with Crippen LogP contribution in [0.5, 0.6) is 5.75 Å². The number of hydrogen-bond acceptors (Lipinski definition) is 4. The normalized spacial score (nSPS) is 15.0. The summed E-state index contributed by atoms with van der Waals surface area (Å²) in [5.41, 5.74) is 9.19. The summed E-state index contributed by atoms with van der Waals surface area (Å²) in [6, 6.07) is 16.0. The zero-order chi connectivity index (χ0) is 18.9. The zero-order valence-electron chi connectivity index (χ0n) is 16.3. The average Bonchev–Trinajstić information content (AvgIpc) is 2.69. The molecule has 28 heavy (non-hydrogen) atoms. The lowest BCUT2D eigenvalue weighted by Crippen LogP contribution is -2.38. The number of anilines is 1. The maximum absolute atomic E-state index is 5.98. The molecule has 1 aliphatic heterocycles. The molecule has 3 N–H and O–H groups in total. The number of guanidine groups is 1. The Hall–Kier alpha value is -1.84. The third-order valence-electron chi connectivity index (χ3n) is 4.43. The van der Waals surface area contributed by atoms with Crippen molar-refractivity contribution in [3.8, 4) is 5.75 Å². The number of benzene rings is 2. The largest absolute Gasteiger partial charge is 0.492 e. The smallest absolute Gasteiger partial charge is 0.193 e. The summed E-state index contributed by atoms with van der Waals surface area (Å²) in [4.78, 5) is 6.77. The first-order chi connectivity index (χ1) is 13.2. The minimum atomic E-state index is 0. The van der Waals surface area contributed by atoms with Gasteiger partial charge in [0, 0.05) is 25.3 Å². The van der Waals surface area contributed by atoms with Crippen LogP contribution in [0.1, 0.15) is 11.1 Å². The number of hydrogen-bond donors (Lipinski definition) is 2. The van der Waals surface area contributed by atoms with E-state index in [4.69, 9.17) is 15.2 Å². The molecule has 0 aromatic heterocycles. The summed E-state index contributed by atoms with van der Waals surface area (Å²) in [5, 5.41) is 3.11. The van der Waals surface area contributed by atoms with E-state index in [0.717, 1.165) is 49.8 Å². The molecular formula is C21H29IN4O2. The molecule has 2 aromatic carbocycles. The van der Waals surface area contributed by atoms with Crippen molar-refractivity contribution in [2.45, 2.75) is 13.5 Å². The van der Waals surface area contributed by atoms with Crippen LogP contribution >= 0.6 is 24.0 Å². The monoisotopic (exact) mass is 496 g/mol. The first-order valence-electron chi connectivity index (χ1n) is 9.34. The Morgan fingerprint density at radius 1 is 1.18 bits per heavy atom. The van der Waals surface area contributed by atoms with E-state index in [-0.39, 0.29) is 24.0 Å². The van der Waals surface area contributed by atoms with Gasteiger partial charge < -0.3 is 20.5 Å². The molecule has 0 radical (unpaired) electrons. The van der Waals surface area contributed by atoms with Crippen LogP contribution in [0.4, 0.5) is 5.69 Å². The number of aryl methyl sites for hydroxylation is 1. The predicted molar refractivity (Wildman–Crippen MR) is 125 cm³/mol. The number of rotatable bonds is 7. The average molecular weight is 496 g/mol. The van der Waals surface area contributed by atoms with Crippen molar-refractivity contribution in [3.63, 3.8) is 0 Å². The Kier molecular flexibility index (Phi) is 9.52. The molecule has 1 heterocycles. The number of nitrogens with zero attached hydrogens (tertiary/aromatic N) is 2. The molecule has 1 saturated heterocycles. The topological polar surface area (TPSA) is 72.1 Å². The van der Waals surface area contributed by atoms with Crippen molar-refractivity contribution < 1.29 is 9.47 Å². The second kappa shape index (κ2) is 11.9. The minimum Gasteiger partial charge on any atom is -0.492 e. The molecule has 1 fully saturated rings. The molecule has 0 aliphatic carbocycles. The molecule has 0 atom stereocenters. The van der Waals surface area contributed by atoms with Gasteiger partial charge in [0.25, 0.3) is 0 Å². The maximum Gasteiger partial charge on any atom is 0.193 e. The van der Waals surface area contributed by atoms with Gasteiger partial charge in [0.1, 0.15) is 12.4 Å². The molecule has 0 unspecified atom stereocenters. The van der Waals surface area contributed by atoms with E-state index >= 15 is 0 Å². The second-order valence-corrected chi connectivity index (χ2v) is 6.64. The minimum absolute atomic E-state index is 0. The highest BCUT2D eigenvalue weighted by Gasteiger charge is 2.09. The molecule has 0 bridgehead atoms. The standard InChI is InChI=1S/C21H28N4O2.HI/c1-17-5-7-19(8-6-17)24-21(22)23-16-18-3-2-4-20(15-18)27-14-11-25-9-12-26-13-10-25;/h2-8,15H,9-14,16H2,1H3,(H3,22,23,24);1H. The molecule has 0 saturated carbocycles. The molecule has 2 aromatic rings. The van der Waals surface area contributed by atoms with Gasteiger partial charge in [-0.05, 0) is 36.8 Å². The summed E-state index contributed by atoms with van der Waals surface area (Å²) in [6.07, 6.45) is 0. The van der Waals surface area contributed by atoms with Gasteiger partial charge in [-0.1, -0.05) is 29.8 Å². The fourth-order valence-electron chi connectivity index (χ4n) is 2.85. The van der Waals surface area contributed by atoms with Crippen molar-refractivity contribution in [1.82, 2.24) is 4.90 Å². The van der Waals surface area contributed by atoms with Crippen LogP contribution in [0, 0.1) is 6.92 Å². The summed E-state index contributed by atoms with van der Waals surface area (Å²) in [7, 11) is 0. The van der Waals surface area contributed by atoms with E-state index in [2.05, 4.69) is 22.1 Å². The van der Waals surface area contributed by atoms with E-state index in [1.807, 2.05) is 48.5 Å². The fourth-order valence-corrected chi connectivity index (χ4v) is 2.85. The molecule has 0 amide bonds. The first kappa shape index (κ1) is 22.4. The predicted octanol–water partition coefficient (Wildman–Crippen LogP) is 3.25. The highest BCUT2D eigenvalue weighted by Crippen LogP contribution is 2.14. The number of ether oxygens (including phenoxy) is 2. The number of nitrogens with one attached hydrogen (secondary N) is 1. The van der Waals surface area contributed by atoms with Gasteiger partial charge in [-0.3, -0.25) is 4.90 Å². The van der Waals surface area contributed by atoms with E-state index in [0.29, 0.717) is 19.1 Å². The Labute approximate surface area is 184 Å². The molecule has 6 nitrogen and oxygen atoms in total. The lowest BCUT2D eigenvalue weighted by Gasteiger charge is -2.26. The lowest BCUT2D eigenvalue weighted by molar-refractivity contribution is 0.0322. The Morgan fingerprint density at radius 3 is 2.68 bits per heavy atom. The molecule has 1 aliphatic rings. The van der Waals surface area contributed by atoms with Crippen molar-refractivity contribution >= 4 is 35.6 Å². The highest BCUT2D eigenvalue weighted by molar-refractivity contribution is 14.0. The van der Waals surface area contributed by atoms with Crippen molar-refractivity contribution in [3.05, 3.63) is 59.7 Å². The van der Waals surface area contributed by atoms with Crippen LogP contribution in [0.15, 0.2) is 53.5 Å². The Morgan fingerprint density at radius 2 is 1.93 bits per heavy atom. The van der Waals surface area contributed by atoms with E-state index in [1.54, 1.807) is 0 Å². The van der Waals surface area contributed by atoms with Gasteiger partial charge >= 0.3 is 0 Å². The summed E-state index contributed by atoms with van der Waals surface area (Å²) >= 11 is 0. The van der Waals surface area contributed by atoms with Crippen LogP contribution in [-0.4, -0.2) is 50.3 Å². The zero-order valence-corrected chi connectivity index (χ0v) is 18.6. The summed E-state index contributed by atoms with van der Waals surface area (Å²) < 4.78 is 11.2. The molecule has 152 valence electrons. The summed E-state index contributed by atoms with van der Waals surface area (Å²) in [6.45, 7) is 7.72. The maximum atomic E-state index is 5.98. The van der Waals surface area contributed by atoms with Gasteiger partial charge in [-0.2, -0.15) is 0 Å². The van der Waals surface area contributed by atoms with Gasteiger partial charge in [0.2, 0.25) is 0 Å². The summed E-state index contributed by atoms with van der Waals surface area (Å²) in [5.74, 6) is 1.26. The second-order valence-electron chi connectivity index (χ2n) is 6.64. The molecule has 7 heteroatoms. The Bertz CT molecular complexity index is 746. The van der Waals surface area contributed by atoms with Crippen molar-refractivity contribution in [2.75, 3.05) is 44.8 Å². The highest BCUT2D eigenvalue weighted by atomic mass is 127. The fraction of sp³-hybridized carbons (Fsp3) is 0.381. The van der Waals surface area contributed by atoms with E-state index < -0.39 is 0 Å². The molecule has 0 spiro atoms. The number of aliphatic imine (C=N–C) groups is 1. The van der Waals surface area contributed by atoms with E-state index in [9.17, 15) is 0 Å². The van der Waals surface area contributed by atoms with Crippen LogP contribution in [-0.2, 0) is 11.3 Å². The molecular weight excluding hydrogens is 467 g/mol. The quantitative estimate of drug-likeness (QED) is 0.350. The lowest BCUT2D eigenvalue weighted by atomic mass is 10.2. The van der Waals surface area contributed by atoms with Crippen LogP contribution < -0.4 is 15.8 Å². The van der Waals surface area contributed by atoms with Crippen LogP contribution in [0.3, 0.4) is 0 Å². The number of halogens is 1. The third-order valence-corrected chi connectivity index (χ3v) is 4.43. The van der Waals surface area contributed by atoms with Gasteiger partial charge in [-0.25, -0.2) is 4.99 Å². The first-order valence-corrected chi connectivity index (χ1v) is 9.34. The van der Waals surface area contributed by atoms with Gasteiger partial charge in [-0.15, -0.1) is 24.0 Å². The van der Waals surface area contributed by atoms with Crippen LogP contribution in [0.2, 0.25) is 0 Å². The molecule has 3 rings (SSSR count). The van der Waals surface area contributed by atoms with Crippen molar-refractivity contribution in [2.24, 2.45) is 10.7 Å². The Balaban J connectivity index is 0.00000280. The van der Waals surface area contributed by atoms with Crippen LogP contribution in [0.25, 0.3) is 0 Å². The van der Waals surface area contributed by atoms with Gasteiger partial charge in [0.15, 0.2) is 5.96 Å². The number of nitrogens with two attached hydrogens (primary N) is 1. The van der Waals surface area contributed by atoms with Gasteiger partial charge in [0.05, 0.1) is 19.8 Å². The number of morpholine rings is 1. The SMILES string of the molecule is Cc1ccc(NC(N)=NCc2cccc(OCCN3CCOCC3)c2)cc1.I. The van der Waals surface area contributed by atoms with Crippen molar-refractivity contribution in [1.29, 1.82) is 0 Å². The van der Waals surface area contributed by atoms with E-state index in [1.165, 1.54) is 5.56 Å². The third kappa shape index (κ3) is 7.65.